The molecule has 14 heavy (non-hydrogen) atoms. The van der Waals surface area contributed by atoms with Crippen molar-refractivity contribution in [1.82, 2.24) is 0 Å². The molecule has 1 aromatic rings. The number of nitrogens with two attached hydrogens (primary N) is 1. The molecule has 1 aromatic carbocycles. The molecule has 0 aliphatic rings. The van der Waals surface area contributed by atoms with E-state index in [1.807, 2.05) is 32.0 Å². The van der Waals surface area contributed by atoms with E-state index in [4.69, 9.17) is 5.73 Å². The summed E-state index contributed by atoms with van der Waals surface area (Å²) < 4.78 is 0. The van der Waals surface area contributed by atoms with Gasteiger partial charge in [-0.25, -0.2) is 0 Å². The molecule has 0 spiro atoms. The lowest BCUT2D eigenvalue weighted by Gasteiger charge is -2.17. The van der Waals surface area contributed by atoms with E-state index >= 15 is 0 Å². The maximum absolute atomic E-state index is 9.36. The van der Waals surface area contributed by atoms with Gasteiger partial charge in [0.05, 0.1) is 12.1 Å². The first-order valence-corrected chi connectivity index (χ1v) is 4.53. The van der Waals surface area contributed by atoms with Crippen molar-refractivity contribution < 1.29 is 5.11 Å². The number of rotatable bonds is 2. The molecule has 1 rings (SSSR count). The number of aliphatic hydroxyl groups is 1. The molecule has 0 bridgehead atoms. The monoisotopic (exact) mass is 215 g/mol. The molecular weight excluding hydrogens is 198 g/mol. The van der Waals surface area contributed by atoms with Gasteiger partial charge in [-0.05, 0) is 31.9 Å². The number of aliphatic hydroxyl groups excluding tert-OH is 1. The van der Waals surface area contributed by atoms with E-state index in [0.717, 1.165) is 11.1 Å². The Hall–Kier alpha value is -0.570. The molecule has 2 atom stereocenters. The number of hydrogen-bond acceptors (Lipinski definition) is 2. The van der Waals surface area contributed by atoms with Gasteiger partial charge in [-0.2, -0.15) is 0 Å². The minimum atomic E-state index is -0.500. The third-order valence-corrected chi connectivity index (χ3v) is 2.31. The van der Waals surface area contributed by atoms with Gasteiger partial charge in [0.1, 0.15) is 0 Å². The van der Waals surface area contributed by atoms with Gasteiger partial charge in [0, 0.05) is 0 Å². The van der Waals surface area contributed by atoms with Crippen LogP contribution in [0.15, 0.2) is 18.2 Å². The summed E-state index contributed by atoms with van der Waals surface area (Å²) in [5.74, 6) is 0. The highest BCUT2D eigenvalue weighted by Gasteiger charge is 2.13. The molecule has 0 unspecified atom stereocenters. The largest absolute Gasteiger partial charge is 0.391 e. The first kappa shape index (κ1) is 13.4. The Morgan fingerprint density at radius 3 is 2.36 bits per heavy atom. The highest BCUT2D eigenvalue weighted by atomic mass is 35.5. The SMILES string of the molecule is Cc1ccc(C)c([C@H](N)[C@@H](C)O)c1.Cl. The molecule has 0 aliphatic carbocycles. The van der Waals surface area contributed by atoms with Crippen LogP contribution in [0.2, 0.25) is 0 Å². The van der Waals surface area contributed by atoms with Gasteiger partial charge in [-0.15, -0.1) is 12.4 Å². The summed E-state index contributed by atoms with van der Waals surface area (Å²) in [5.41, 5.74) is 9.21. The Labute approximate surface area is 91.5 Å². The van der Waals surface area contributed by atoms with E-state index < -0.39 is 6.10 Å². The van der Waals surface area contributed by atoms with Crippen molar-refractivity contribution >= 4 is 12.4 Å². The van der Waals surface area contributed by atoms with Gasteiger partial charge in [0.2, 0.25) is 0 Å². The van der Waals surface area contributed by atoms with Gasteiger partial charge >= 0.3 is 0 Å². The average molecular weight is 216 g/mol. The second-order valence-corrected chi connectivity index (χ2v) is 3.63. The molecule has 0 heterocycles. The average Bonchev–Trinajstić information content (AvgIpc) is 2.08. The van der Waals surface area contributed by atoms with Crippen molar-refractivity contribution in [3.05, 3.63) is 34.9 Å². The summed E-state index contributed by atoms with van der Waals surface area (Å²) in [6.07, 6.45) is -0.500. The second kappa shape index (κ2) is 5.35. The molecule has 0 aromatic heterocycles. The highest BCUT2D eigenvalue weighted by molar-refractivity contribution is 5.85. The molecular formula is C11H18ClNO. The molecule has 3 N–H and O–H groups in total. The van der Waals surface area contributed by atoms with E-state index in [1.54, 1.807) is 6.92 Å². The van der Waals surface area contributed by atoms with E-state index in [0.29, 0.717) is 0 Å². The van der Waals surface area contributed by atoms with Crippen LogP contribution in [-0.4, -0.2) is 11.2 Å². The van der Waals surface area contributed by atoms with E-state index in [1.165, 1.54) is 5.56 Å². The number of hydrogen-bond donors (Lipinski definition) is 2. The van der Waals surface area contributed by atoms with Crippen molar-refractivity contribution in [3.63, 3.8) is 0 Å². The van der Waals surface area contributed by atoms with Crippen molar-refractivity contribution in [3.8, 4) is 0 Å². The second-order valence-electron chi connectivity index (χ2n) is 3.63. The third kappa shape index (κ3) is 2.98. The molecule has 3 heteroatoms. The van der Waals surface area contributed by atoms with Crippen LogP contribution in [-0.2, 0) is 0 Å². The third-order valence-electron chi connectivity index (χ3n) is 2.31. The summed E-state index contributed by atoms with van der Waals surface area (Å²) in [7, 11) is 0. The highest BCUT2D eigenvalue weighted by Crippen LogP contribution is 2.19. The van der Waals surface area contributed by atoms with E-state index in [2.05, 4.69) is 0 Å². The Morgan fingerprint density at radius 1 is 1.29 bits per heavy atom. The molecule has 0 saturated carbocycles. The smallest absolute Gasteiger partial charge is 0.0704 e. The summed E-state index contributed by atoms with van der Waals surface area (Å²) >= 11 is 0. The van der Waals surface area contributed by atoms with Crippen LogP contribution in [0.25, 0.3) is 0 Å². The van der Waals surface area contributed by atoms with Crippen LogP contribution in [0, 0.1) is 13.8 Å². The number of halogens is 1. The summed E-state index contributed by atoms with van der Waals surface area (Å²) in [4.78, 5) is 0. The Balaban J connectivity index is 0.00000169. The zero-order valence-corrected chi connectivity index (χ0v) is 9.64. The fourth-order valence-corrected chi connectivity index (χ4v) is 1.38. The Kier molecular flexibility index (Phi) is 5.13. The van der Waals surface area contributed by atoms with E-state index in [9.17, 15) is 5.11 Å². The Bertz CT molecular complexity index is 299. The molecule has 80 valence electrons. The predicted molar refractivity (Wildman–Crippen MR) is 61.8 cm³/mol. The van der Waals surface area contributed by atoms with Crippen LogP contribution in [0.4, 0.5) is 0 Å². The van der Waals surface area contributed by atoms with Crippen molar-refractivity contribution in [2.45, 2.75) is 32.9 Å². The minimum absolute atomic E-state index is 0. The summed E-state index contributed by atoms with van der Waals surface area (Å²) in [6, 6.07) is 5.84. The van der Waals surface area contributed by atoms with E-state index in [-0.39, 0.29) is 18.4 Å². The summed E-state index contributed by atoms with van der Waals surface area (Å²) in [6.45, 7) is 5.75. The van der Waals surface area contributed by atoms with Crippen molar-refractivity contribution in [2.75, 3.05) is 0 Å². The van der Waals surface area contributed by atoms with Crippen molar-refractivity contribution in [2.24, 2.45) is 5.73 Å². The minimum Gasteiger partial charge on any atom is -0.391 e. The van der Waals surface area contributed by atoms with Gasteiger partial charge in [0.15, 0.2) is 0 Å². The lowest BCUT2D eigenvalue weighted by atomic mass is 9.97. The summed E-state index contributed by atoms with van der Waals surface area (Å²) in [5, 5.41) is 9.36. The first-order chi connectivity index (χ1) is 6.02. The number of benzene rings is 1. The first-order valence-electron chi connectivity index (χ1n) is 4.53. The standard InChI is InChI=1S/C11H17NO.ClH/c1-7-4-5-8(2)10(6-7)11(12)9(3)13;/h4-6,9,11,13H,12H2,1-3H3;1H/t9-,11-;/m1./s1. The molecule has 0 fully saturated rings. The normalized spacial score (nSPS) is 14.4. The maximum atomic E-state index is 9.36. The van der Waals surface area contributed by atoms with Gasteiger partial charge in [-0.3, -0.25) is 0 Å². The van der Waals surface area contributed by atoms with Crippen LogP contribution >= 0.6 is 12.4 Å². The lowest BCUT2D eigenvalue weighted by molar-refractivity contribution is 0.164. The molecule has 2 nitrogen and oxygen atoms in total. The molecule has 0 aliphatic heterocycles. The van der Waals surface area contributed by atoms with Crippen LogP contribution in [0.1, 0.15) is 29.7 Å². The molecule has 0 saturated heterocycles. The van der Waals surface area contributed by atoms with Crippen LogP contribution in [0.3, 0.4) is 0 Å². The predicted octanol–water partition coefficient (Wildman–Crippen LogP) is 2.11. The number of aryl methyl sites for hydroxylation is 2. The zero-order chi connectivity index (χ0) is 10.0. The topological polar surface area (TPSA) is 46.2 Å². The van der Waals surface area contributed by atoms with Crippen molar-refractivity contribution in [1.29, 1.82) is 0 Å². The maximum Gasteiger partial charge on any atom is 0.0704 e. The van der Waals surface area contributed by atoms with Gasteiger partial charge in [0.25, 0.3) is 0 Å². The zero-order valence-electron chi connectivity index (χ0n) is 8.82. The molecule has 0 amide bonds. The quantitative estimate of drug-likeness (QED) is 0.794. The fraction of sp³-hybridized carbons (Fsp3) is 0.455. The Morgan fingerprint density at radius 2 is 1.86 bits per heavy atom. The fourth-order valence-electron chi connectivity index (χ4n) is 1.38. The van der Waals surface area contributed by atoms with Gasteiger partial charge < -0.3 is 10.8 Å². The van der Waals surface area contributed by atoms with Crippen LogP contribution < -0.4 is 5.73 Å². The molecule has 0 radical (unpaired) electrons. The van der Waals surface area contributed by atoms with Gasteiger partial charge in [-0.1, -0.05) is 23.8 Å². The lowest BCUT2D eigenvalue weighted by Crippen LogP contribution is -2.24. The van der Waals surface area contributed by atoms with Crippen LogP contribution in [0.5, 0.6) is 0 Å².